The van der Waals surface area contributed by atoms with Gasteiger partial charge in [-0.3, -0.25) is 9.89 Å². The first-order valence-electron chi connectivity index (χ1n) is 10.7. The van der Waals surface area contributed by atoms with Gasteiger partial charge in [0.15, 0.2) is 5.82 Å². The van der Waals surface area contributed by atoms with Crippen LogP contribution in [-0.4, -0.2) is 36.2 Å². The molecule has 0 fully saturated rings. The summed E-state index contributed by atoms with van der Waals surface area (Å²) in [6, 6.07) is 17.4. The van der Waals surface area contributed by atoms with Crippen LogP contribution in [0.1, 0.15) is 10.5 Å². The summed E-state index contributed by atoms with van der Waals surface area (Å²) < 4.78 is 4.75. The number of hydrogen-bond acceptors (Lipinski definition) is 7. The van der Waals surface area contributed by atoms with E-state index in [2.05, 4.69) is 40.9 Å². The molecule has 1 amide bonds. The zero-order valence-corrected chi connectivity index (χ0v) is 18.2. The highest BCUT2D eigenvalue weighted by atomic mass is 16.5. The number of carbonyl (C=O) groups is 1. The molecule has 0 saturated heterocycles. The summed E-state index contributed by atoms with van der Waals surface area (Å²) in [4.78, 5) is 24.7. The Balaban J connectivity index is 1.21. The molecule has 0 aliphatic rings. The van der Waals surface area contributed by atoms with Gasteiger partial charge in [0.2, 0.25) is 0 Å². The summed E-state index contributed by atoms with van der Waals surface area (Å²) in [6.45, 7) is 0. The smallest absolute Gasteiger partial charge is 0.272 e. The Morgan fingerprint density at radius 3 is 2.60 bits per heavy atom. The van der Waals surface area contributed by atoms with Crippen molar-refractivity contribution in [2.24, 2.45) is 0 Å². The SMILES string of the molecule is O=C(Nc1cnoc1)c1cc2ccc(-c3nccc(Nc4ccc(-c5cn[nH]c5)cc4)n3)cc2[nH]1. The fourth-order valence-electron chi connectivity index (χ4n) is 3.72. The van der Waals surface area contributed by atoms with E-state index in [4.69, 9.17) is 4.52 Å². The lowest BCUT2D eigenvalue weighted by atomic mass is 10.1. The third-order valence-electron chi connectivity index (χ3n) is 5.46. The number of aromatic amines is 2. The van der Waals surface area contributed by atoms with Crippen molar-refractivity contribution in [2.75, 3.05) is 10.6 Å². The molecule has 0 radical (unpaired) electrons. The monoisotopic (exact) mass is 462 g/mol. The minimum absolute atomic E-state index is 0.285. The Hall–Kier alpha value is -5.25. The van der Waals surface area contributed by atoms with Gasteiger partial charge in [-0.1, -0.05) is 29.4 Å². The van der Waals surface area contributed by atoms with Crippen LogP contribution in [0.4, 0.5) is 17.2 Å². The van der Waals surface area contributed by atoms with Crippen molar-refractivity contribution in [3.63, 3.8) is 0 Å². The predicted molar refractivity (Wildman–Crippen MR) is 131 cm³/mol. The Morgan fingerprint density at radius 1 is 0.914 bits per heavy atom. The van der Waals surface area contributed by atoms with Gasteiger partial charge >= 0.3 is 0 Å². The summed E-state index contributed by atoms with van der Waals surface area (Å²) in [5.74, 6) is 0.954. The maximum atomic E-state index is 12.5. The Morgan fingerprint density at radius 2 is 1.80 bits per heavy atom. The zero-order chi connectivity index (χ0) is 23.6. The number of carbonyl (C=O) groups excluding carboxylic acids is 1. The minimum Gasteiger partial charge on any atom is -0.363 e. The first-order valence-corrected chi connectivity index (χ1v) is 10.7. The molecule has 0 aliphatic carbocycles. The number of nitrogens with zero attached hydrogens (tertiary/aromatic N) is 4. The number of rotatable bonds is 6. The molecule has 0 saturated carbocycles. The first kappa shape index (κ1) is 20.4. The van der Waals surface area contributed by atoms with Crippen LogP contribution in [0.5, 0.6) is 0 Å². The highest BCUT2D eigenvalue weighted by Crippen LogP contribution is 2.25. The van der Waals surface area contributed by atoms with Crippen LogP contribution in [0.15, 0.2) is 90.2 Å². The predicted octanol–water partition coefficient (Wildman–Crippen LogP) is 5.00. The topological polar surface area (TPSA) is 137 Å². The second kappa shape index (κ2) is 8.60. The molecule has 35 heavy (non-hydrogen) atoms. The molecule has 0 atom stereocenters. The molecule has 0 spiro atoms. The Kier molecular flexibility index (Phi) is 5.00. The van der Waals surface area contributed by atoms with E-state index in [1.54, 1.807) is 18.5 Å². The lowest BCUT2D eigenvalue weighted by Crippen LogP contribution is -2.11. The lowest BCUT2D eigenvalue weighted by molar-refractivity contribution is 0.102. The maximum absolute atomic E-state index is 12.5. The number of hydrogen-bond donors (Lipinski definition) is 4. The number of anilines is 3. The van der Waals surface area contributed by atoms with E-state index >= 15 is 0 Å². The minimum atomic E-state index is -0.285. The van der Waals surface area contributed by atoms with Gasteiger partial charge in [-0.05, 0) is 35.9 Å². The molecule has 4 N–H and O–H groups in total. The van der Waals surface area contributed by atoms with Gasteiger partial charge in [0.25, 0.3) is 5.91 Å². The molecule has 0 unspecified atom stereocenters. The molecule has 2 aromatic carbocycles. The summed E-state index contributed by atoms with van der Waals surface area (Å²) in [6.07, 6.45) is 8.15. The second-order valence-corrected chi connectivity index (χ2v) is 7.81. The van der Waals surface area contributed by atoms with Gasteiger partial charge in [0.1, 0.15) is 23.5 Å². The molecule has 6 aromatic rings. The van der Waals surface area contributed by atoms with Crippen molar-refractivity contribution in [2.45, 2.75) is 0 Å². The van der Waals surface area contributed by atoms with Crippen LogP contribution in [0, 0.1) is 0 Å². The quantitative estimate of drug-likeness (QED) is 0.273. The summed E-state index contributed by atoms with van der Waals surface area (Å²) in [7, 11) is 0. The van der Waals surface area contributed by atoms with E-state index in [0.717, 1.165) is 33.3 Å². The lowest BCUT2D eigenvalue weighted by Gasteiger charge is -2.08. The second-order valence-electron chi connectivity index (χ2n) is 7.81. The van der Waals surface area contributed by atoms with Gasteiger partial charge in [0, 0.05) is 40.1 Å². The van der Waals surface area contributed by atoms with E-state index in [-0.39, 0.29) is 5.91 Å². The van der Waals surface area contributed by atoms with Crippen molar-refractivity contribution in [1.29, 1.82) is 0 Å². The molecule has 10 heteroatoms. The highest BCUT2D eigenvalue weighted by Gasteiger charge is 2.12. The Labute approximate surface area is 198 Å². The molecule has 4 aromatic heterocycles. The molecule has 10 nitrogen and oxygen atoms in total. The van der Waals surface area contributed by atoms with Crippen LogP contribution in [0.2, 0.25) is 0 Å². The van der Waals surface area contributed by atoms with Crippen LogP contribution < -0.4 is 10.6 Å². The van der Waals surface area contributed by atoms with E-state index in [9.17, 15) is 4.79 Å². The third kappa shape index (κ3) is 4.23. The number of aromatic nitrogens is 6. The molecular formula is C25H18N8O2. The first-order chi connectivity index (χ1) is 17.2. The van der Waals surface area contributed by atoms with Gasteiger partial charge < -0.3 is 20.1 Å². The van der Waals surface area contributed by atoms with Crippen LogP contribution >= 0.6 is 0 Å². The fourth-order valence-corrected chi connectivity index (χ4v) is 3.72. The highest BCUT2D eigenvalue weighted by molar-refractivity contribution is 6.06. The normalized spacial score (nSPS) is 11.0. The maximum Gasteiger partial charge on any atom is 0.272 e. The summed E-state index contributed by atoms with van der Waals surface area (Å²) in [5.41, 5.74) is 5.54. The third-order valence-corrected chi connectivity index (χ3v) is 5.46. The molecule has 170 valence electrons. The Bertz CT molecular complexity index is 1600. The average Bonchev–Trinajstić information content (AvgIpc) is 3.66. The number of fused-ring (bicyclic) bond motifs is 1. The van der Waals surface area contributed by atoms with Crippen molar-refractivity contribution in [3.05, 3.63) is 91.3 Å². The zero-order valence-electron chi connectivity index (χ0n) is 18.2. The number of nitrogens with one attached hydrogen (secondary N) is 4. The molecule has 4 heterocycles. The molecule has 0 bridgehead atoms. The van der Waals surface area contributed by atoms with Gasteiger partial charge in [-0.25, -0.2) is 9.97 Å². The molecule has 0 aliphatic heterocycles. The van der Waals surface area contributed by atoms with Gasteiger partial charge in [0.05, 0.1) is 12.4 Å². The number of amides is 1. The van der Waals surface area contributed by atoms with Gasteiger partial charge in [-0.2, -0.15) is 5.10 Å². The van der Waals surface area contributed by atoms with Crippen LogP contribution in [0.3, 0.4) is 0 Å². The van der Waals surface area contributed by atoms with Gasteiger partial charge in [-0.15, -0.1) is 0 Å². The number of benzene rings is 2. The summed E-state index contributed by atoms with van der Waals surface area (Å²) >= 11 is 0. The van der Waals surface area contributed by atoms with Crippen molar-refractivity contribution in [1.82, 2.24) is 30.3 Å². The van der Waals surface area contributed by atoms with Crippen LogP contribution in [0.25, 0.3) is 33.4 Å². The van der Waals surface area contributed by atoms with E-state index < -0.39 is 0 Å². The van der Waals surface area contributed by atoms with E-state index in [1.807, 2.05) is 54.7 Å². The van der Waals surface area contributed by atoms with Crippen LogP contribution in [-0.2, 0) is 0 Å². The molecule has 6 rings (SSSR count). The number of H-pyrrole nitrogens is 2. The average molecular weight is 462 g/mol. The van der Waals surface area contributed by atoms with E-state index in [1.165, 1.54) is 12.5 Å². The van der Waals surface area contributed by atoms with Crippen molar-refractivity contribution >= 4 is 34.0 Å². The standard InChI is InChI=1S/C25H18N8O2/c34-25(31-20-13-29-35-14-20)22-9-16-1-2-17(10-21(16)32-22)24-26-8-7-23(33-24)30-19-5-3-15(4-6-19)18-11-27-28-12-18/h1-14,32H,(H,27,28)(H,31,34)(H,26,30,33). The largest absolute Gasteiger partial charge is 0.363 e. The molecular weight excluding hydrogens is 444 g/mol. The summed E-state index contributed by atoms with van der Waals surface area (Å²) in [5, 5.41) is 17.3. The van der Waals surface area contributed by atoms with Crippen molar-refractivity contribution in [3.8, 4) is 22.5 Å². The fraction of sp³-hybridized carbons (Fsp3) is 0. The van der Waals surface area contributed by atoms with E-state index in [0.29, 0.717) is 23.0 Å². The van der Waals surface area contributed by atoms with Crippen molar-refractivity contribution < 1.29 is 9.32 Å².